The second kappa shape index (κ2) is 4.91. The maximum absolute atomic E-state index is 5.90. The normalized spacial score (nSPS) is 10.9. The minimum absolute atomic E-state index is 0.879. The van der Waals surface area contributed by atoms with Gasteiger partial charge in [0.1, 0.15) is 11.3 Å². The zero-order valence-corrected chi connectivity index (χ0v) is 11.0. The van der Waals surface area contributed by atoms with E-state index in [0.29, 0.717) is 0 Å². The maximum Gasteiger partial charge on any atom is 0.134 e. The Balaban J connectivity index is 1.85. The summed E-state index contributed by atoms with van der Waals surface area (Å²) in [7, 11) is 0. The first-order chi connectivity index (χ1) is 8.84. The van der Waals surface area contributed by atoms with Gasteiger partial charge in [-0.25, -0.2) is 0 Å². The Morgan fingerprint density at radius 1 is 0.944 bits per heavy atom. The predicted octanol–water partition coefficient (Wildman–Crippen LogP) is 5.03. The molecule has 3 rings (SSSR count). The molecule has 0 aliphatic rings. The van der Waals surface area contributed by atoms with Crippen LogP contribution in [-0.4, -0.2) is 0 Å². The standard InChI is InChI=1S/C16H14OS/c1-12-14-9-5-6-10-15(14)17-16(12)11-18-13-7-3-2-4-8-13/h2-10H,11H2,1H3. The zero-order valence-electron chi connectivity index (χ0n) is 10.2. The molecule has 0 saturated carbocycles. The Labute approximate surface area is 111 Å². The van der Waals surface area contributed by atoms with Crippen LogP contribution in [-0.2, 0) is 5.75 Å². The van der Waals surface area contributed by atoms with Crippen molar-refractivity contribution in [1.29, 1.82) is 0 Å². The molecule has 1 aromatic heterocycles. The second-order valence-corrected chi connectivity index (χ2v) is 5.30. The molecular formula is C16H14OS. The first kappa shape index (κ1) is 11.4. The molecular weight excluding hydrogens is 240 g/mol. The van der Waals surface area contributed by atoms with Crippen molar-refractivity contribution in [2.45, 2.75) is 17.6 Å². The van der Waals surface area contributed by atoms with E-state index >= 15 is 0 Å². The molecule has 0 aliphatic heterocycles. The van der Waals surface area contributed by atoms with Gasteiger partial charge in [-0.05, 0) is 30.7 Å². The van der Waals surface area contributed by atoms with Gasteiger partial charge in [-0.1, -0.05) is 36.4 Å². The van der Waals surface area contributed by atoms with Gasteiger partial charge in [0.25, 0.3) is 0 Å². The number of para-hydroxylation sites is 1. The van der Waals surface area contributed by atoms with E-state index in [4.69, 9.17) is 4.42 Å². The van der Waals surface area contributed by atoms with E-state index < -0.39 is 0 Å². The molecule has 0 aliphatic carbocycles. The first-order valence-corrected chi connectivity index (χ1v) is 6.98. The molecule has 0 spiro atoms. The van der Waals surface area contributed by atoms with Crippen LogP contribution in [0.3, 0.4) is 0 Å². The molecule has 2 heteroatoms. The molecule has 0 unspecified atom stereocenters. The highest BCUT2D eigenvalue weighted by Gasteiger charge is 2.09. The summed E-state index contributed by atoms with van der Waals surface area (Å²) in [5, 5.41) is 1.22. The lowest BCUT2D eigenvalue weighted by Gasteiger charge is -1.99. The molecule has 3 aromatic rings. The van der Waals surface area contributed by atoms with E-state index in [0.717, 1.165) is 17.1 Å². The number of aryl methyl sites for hydroxylation is 1. The lowest BCUT2D eigenvalue weighted by Crippen LogP contribution is -1.80. The van der Waals surface area contributed by atoms with Crippen LogP contribution >= 0.6 is 11.8 Å². The number of rotatable bonds is 3. The van der Waals surface area contributed by atoms with E-state index in [2.05, 4.69) is 43.3 Å². The van der Waals surface area contributed by atoms with Gasteiger partial charge < -0.3 is 4.42 Å². The lowest BCUT2D eigenvalue weighted by molar-refractivity contribution is 0.570. The van der Waals surface area contributed by atoms with Crippen molar-refractivity contribution >= 4 is 22.7 Å². The topological polar surface area (TPSA) is 13.1 Å². The molecule has 1 heterocycles. The van der Waals surface area contributed by atoms with E-state index in [9.17, 15) is 0 Å². The van der Waals surface area contributed by atoms with Gasteiger partial charge in [0, 0.05) is 10.3 Å². The van der Waals surface area contributed by atoms with Gasteiger partial charge in [0.2, 0.25) is 0 Å². The Morgan fingerprint density at radius 3 is 2.44 bits per heavy atom. The Hall–Kier alpha value is -1.67. The fourth-order valence-corrected chi connectivity index (χ4v) is 2.95. The van der Waals surface area contributed by atoms with Crippen LogP contribution in [0.4, 0.5) is 0 Å². The van der Waals surface area contributed by atoms with Crippen LogP contribution in [0.15, 0.2) is 63.9 Å². The van der Waals surface area contributed by atoms with Crippen LogP contribution in [0.1, 0.15) is 11.3 Å². The summed E-state index contributed by atoms with van der Waals surface area (Å²) < 4.78 is 5.90. The summed E-state index contributed by atoms with van der Waals surface area (Å²) in [5.41, 5.74) is 2.24. The molecule has 1 nitrogen and oxygen atoms in total. The maximum atomic E-state index is 5.90. The molecule has 2 aromatic carbocycles. The molecule has 0 bridgehead atoms. The van der Waals surface area contributed by atoms with Gasteiger partial charge in [-0.2, -0.15) is 0 Å². The lowest BCUT2D eigenvalue weighted by atomic mass is 10.2. The predicted molar refractivity (Wildman–Crippen MR) is 77.0 cm³/mol. The van der Waals surface area contributed by atoms with Crippen LogP contribution in [0.5, 0.6) is 0 Å². The highest BCUT2D eigenvalue weighted by molar-refractivity contribution is 7.98. The molecule has 0 saturated heterocycles. The fourth-order valence-electron chi connectivity index (χ4n) is 2.03. The van der Waals surface area contributed by atoms with Crippen molar-refractivity contribution in [3.8, 4) is 0 Å². The molecule has 0 fully saturated rings. The smallest absolute Gasteiger partial charge is 0.134 e. The van der Waals surface area contributed by atoms with Crippen molar-refractivity contribution < 1.29 is 4.42 Å². The minimum atomic E-state index is 0.879. The molecule has 0 N–H and O–H groups in total. The highest BCUT2D eigenvalue weighted by Crippen LogP contribution is 2.30. The SMILES string of the molecule is Cc1c(CSc2ccccc2)oc2ccccc12. The third kappa shape index (κ3) is 2.16. The van der Waals surface area contributed by atoms with Gasteiger partial charge in [0.05, 0.1) is 5.75 Å². The summed E-state index contributed by atoms with van der Waals surface area (Å²) in [4.78, 5) is 1.28. The highest BCUT2D eigenvalue weighted by atomic mass is 32.2. The van der Waals surface area contributed by atoms with Crippen molar-refractivity contribution in [3.63, 3.8) is 0 Å². The van der Waals surface area contributed by atoms with Crippen LogP contribution < -0.4 is 0 Å². The second-order valence-electron chi connectivity index (χ2n) is 4.25. The number of fused-ring (bicyclic) bond motifs is 1. The van der Waals surface area contributed by atoms with Gasteiger partial charge in [-0.3, -0.25) is 0 Å². The number of furan rings is 1. The fraction of sp³-hybridized carbons (Fsp3) is 0.125. The van der Waals surface area contributed by atoms with E-state index in [1.165, 1.54) is 15.8 Å². The average Bonchev–Trinajstić information content (AvgIpc) is 2.75. The van der Waals surface area contributed by atoms with Crippen LogP contribution in [0, 0.1) is 6.92 Å². The minimum Gasteiger partial charge on any atom is -0.460 e. The summed E-state index contributed by atoms with van der Waals surface area (Å²) in [6, 6.07) is 18.6. The average molecular weight is 254 g/mol. The summed E-state index contributed by atoms with van der Waals surface area (Å²) >= 11 is 1.81. The van der Waals surface area contributed by atoms with Crippen molar-refractivity contribution in [2.75, 3.05) is 0 Å². The van der Waals surface area contributed by atoms with Gasteiger partial charge in [-0.15, -0.1) is 11.8 Å². The van der Waals surface area contributed by atoms with Crippen molar-refractivity contribution in [2.24, 2.45) is 0 Å². The third-order valence-corrected chi connectivity index (χ3v) is 4.07. The Kier molecular flexibility index (Phi) is 3.11. The number of benzene rings is 2. The van der Waals surface area contributed by atoms with E-state index in [1.807, 2.05) is 30.0 Å². The Bertz CT molecular complexity index is 655. The summed E-state index contributed by atoms with van der Waals surface area (Å²) in [6.45, 7) is 2.13. The van der Waals surface area contributed by atoms with E-state index in [-0.39, 0.29) is 0 Å². The molecule has 18 heavy (non-hydrogen) atoms. The van der Waals surface area contributed by atoms with Crippen molar-refractivity contribution in [1.82, 2.24) is 0 Å². The summed E-state index contributed by atoms with van der Waals surface area (Å²) in [5.74, 6) is 1.95. The molecule has 0 atom stereocenters. The quantitative estimate of drug-likeness (QED) is 0.608. The van der Waals surface area contributed by atoms with Crippen LogP contribution in [0.2, 0.25) is 0 Å². The zero-order chi connectivity index (χ0) is 12.4. The van der Waals surface area contributed by atoms with Gasteiger partial charge in [0.15, 0.2) is 0 Å². The Morgan fingerprint density at radius 2 is 1.67 bits per heavy atom. The van der Waals surface area contributed by atoms with Crippen LogP contribution in [0.25, 0.3) is 11.0 Å². The summed E-state index contributed by atoms with van der Waals surface area (Å²) in [6.07, 6.45) is 0. The van der Waals surface area contributed by atoms with Crippen molar-refractivity contribution in [3.05, 3.63) is 65.9 Å². The number of hydrogen-bond acceptors (Lipinski definition) is 2. The number of thioether (sulfide) groups is 1. The molecule has 0 amide bonds. The molecule has 0 radical (unpaired) electrons. The monoisotopic (exact) mass is 254 g/mol. The third-order valence-electron chi connectivity index (χ3n) is 3.06. The number of hydrogen-bond donors (Lipinski definition) is 0. The molecule has 90 valence electrons. The van der Waals surface area contributed by atoms with E-state index in [1.54, 1.807) is 0 Å². The van der Waals surface area contributed by atoms with Gasteiger partial charge >= 0.3 is 0 Å². The first-order valence-electron chi connectivity index (χ1n) is 5.99. The largest absolute Gasteiger partial charge is 0.460 e.